The van der Waals surface area contributed by atoms with Crippen LogP contribution in [0.4, 0.5) is 0 Å². The standard InChI is InChI=1S/C10H13IN2O2/c1-7-5-9(12-6-8(7)11)10(15)13(2)3-4-14/h5-6,14H,3-4H2,1-2H3. The van der Waals surface area contributed by atoms with Crippen LogP contribution in [-0.4, -0.2) is 41.1 Å². The van der Waals surface area contributed by atoms with Crippen LogP contribution >= 0.6 is 22.6 Å². The summed E-state index contributed by atoms with van der Waals surface area (Å²) in [6.45, 7) is 2.23. The first-order chi connectivity index (χ1) is 7.06. The minimum atomic E-state index is -0.163. The number of aromatic nitrogens is 1. The number of carbonyl (C=O) groups excluding carboxylic acids is 1. The first-order valence-corrected chi connectivity index (χ1v) is 5.62. The molecule has 0 aliphatic rings. The Hall–Kier alpha value is -0.690. The number of hydrogen-bond acceptors (Lipinski definition) is 3. The minimum Gasteiger partial charge on any atom is -0.395 e. The number of aliphatic hydroxyl groups is 1. The smallest absolute Gasteiger partial charge is 0.272 e. The second kappa shape index (κ2) is 5.41. The van der Waals surface area contributed by atoms with E-state index in [0.29, 0.717) is 12.2 Å². The third kappa shape index (κ3) is 3.13. The molecule has 1 aromatic heterocycles. The van der Waals surface area contributed by atoms with Crippen molar-refractivity contribution in [1.29, 1.82) is 0 Å². The molecule has 5 heteroatoms. The van der Waals surface area contributed by atoms with Gasteiger partial charge in [-0.05, 0) is 41.1 Å². The predicted molar refractivity (Wildman–Crippen MR) is 65.7 cm³/mol. The maximum atomic E-state index is 11.7. The fraction of sp³-hybridized carbons (Fsp3) is 0.400. The number of nitrogens with zero attached hydrogens (tertiary/aromatic N) is 2. The summed E-state index contributed by atoms with van der Waals surface area (Å²) in [6.07, 6.45) is 1.68. The van der Waals surface area contributed by atoms with Gasteiger partial charge in [0.25, 0.3) is 5.91 Å². The molecule has 1 N–H and O–H groups in total. The number of pyridine rings is 1. The van der Waals surface area contributed by atoms with Crippen molar-refractivity contribution in [2.24, 2.45) is 0 Å². The lowest BCUT2D eigenvalue weighted by molar-refractivity contribution is 0.0761. The van der Waals surface area contributed by atoms with Crippen molar-refractivity contribution in [2.75, 3.05) is 20.2 Å². The van der Waals surface area contributed by atoms with Crippen molar-refractivity contribution in [3.8, 4) is 0 Å². The van der Waals surface area contributed by atoms with Crippen molar-refractivity contribution in [1.82, 2.24) is 9.88 Å². The van der Waals surface area contributed by atoms with Gasteiger partial charge in [0.1, 0.15) is 5.69 Å². The lowest BCUT2D eigenvalue weighted by atomic mass is 10.2. The van der Waals surface area contributed by atoms with E-state index in [2.05, 4.69) is 27.6 Å². The molecule has 0 bridgehead atoms. The second-order valence-corrected chi connectivity index (χ2v) is 4.43. The van der Waals surface area contributed by atoms with Crippen LogP contribution in [0, 0.1) is 10.5 Å². The lowest BCUT2D eigenvalue weighted by Gasteiger charge is -2.15. The van der Waals surface area contributed by atoms with Crippen molar-refractivity contribution in [3.05, 3.63) is 27.1 Å². The number of aryl methyl sites for hydroxylation is 1. The molecule has 82 valence electrons. The Kier molecular flexibility index (Phi) is 4.46. The number of aliphatic hydroxyl groups excluding tert-OH is 1. The van der Waals surface area contributed by atoms with Gasteiger partial charge in [0.2, 0.25) is 0 Å². The molecule has 1 amide bonds. The minimum absolute atomic E-state index is 0.0361. The highest BCUT2D eigenvalue weighted by atomic mass is 127. The van der Waals surface area contributed by atoms with Crippen LogP contribution in [0.3, 0.4) is 0 Å². The number of likely N-dealkylation sites (N-methyl/N-ethyl adjacent to an activating group) is 1. The quantitative estimate of drug-likeness (QED) is 0.848. The summed E-state index contributed by atoms with van der Waals surface area (Å²) in [5.74, 6) is -0.163. The van der Waals surface area contributed by atoms with Crippen LogP contribution in [-0.2, 0) is 0 Å². The SMILES string of the molecule is Cc1cc(C(=O)N(C)CCO)ncc1I. The topological polar surface area (TPSA) is 53.4 Å². The van der Waals surface area contributed by atoms with Crippen LogP contribution in [0.5, 0.6) is 0 Å². The Morgan fingerprint density at radius 1 is 1.67 bits per heavy atom. The fourth-order valence-electron chi connectivity index (χ4n) is 1.10. The Morgan fingerprint density at radius 2 is 2.33 bits per heavy atom. The Bertz CT molecular complexity index is 368. The Morgan fingerprint density at radius 3 is 2.87 bits per heavy atom. The molecule has 1 rings (SSSR count). The molecular formula is C10H13IN2O2. The molecule has 0 aliphatic carbocycles. The predicted octanol–water partition coefficient (Wildman–Crippen LogP) is 1.06. The Labute approximate surface area is 102 Å². The molecule has 0 fully saturated rings. The molecule has 0 aromatic carbocycles. The zero-order valence-electron chi connectivity index (χ0n) is 8.70. The number of rotatable bonds is 3. The normalized spacial score (nSPS) is 10.1. The second-order valence-electron chi connectivity index (χ2n) is 3.27. The molecule has 15 heavy (non-hydrogen) atoms. The number of halogens is 1. The summed E-state index contributed by atoms with van der Waals surface area (Å²) in [5.41, 5.74) is 1.45. The van der Waals surface area contributed by atoms with Crippen molar-refractivity contribution in [3.63, 3.8) is 0 Å². The summed E-state index contributed by atoms with van der Waals surface area (Å²) in [4.78, 5) is 17.3. The van der Waals surface area contributed by atoms with Gasteiger partial charge in [0.05, 0.1) is 6.61 Å². The van der Waals surface area contributed by atoms with Gasteiger partial charge in [0, 0.05) is 23.4 Å². The molecule has 0 radical (unpaired) electrons. The van der Waals surface area contributed by atoms with E-state index in [1.807, 2.05) is 6.92 Å². The Balaban J connectivity index is 2.87. The number of amides is 1. The summed E-state index contributed by atoms with van der Waals surface area (Å²) in [5, 5.41) is 8.72. The molecule has 0 saturated heterocycles. The highest BCUT2D eigenvalue weighted by Gasteiger charge is 2.13. The van der Waals surface area contributed by atoms with E-state index in [9.17, 15) is 4.79 Å². The number of hydrogen-bond donors (Lipinski definition) is 1. The van der Waals surface area contributed by atoms with Crippen LogP contribution in [0.25, 0.3) is 0 Å². The van der Waals surface area contributed by atoms with Gasteiger partial charge < -0.3 is 10.0 Å². The van der Waals surface area contributed by atoms with E-state index in [1.54, 1.807) is 19.3 Å². The van der Waals surface area contributed by atoms with Crippen molar-refractivity contribution >= 4 is 28.5 Å². The monoisotopic (exact) mass is 320 g/mol. The average molecular weight is 320 g/mol. The van der Waals surface area contributed by atoms with Crippen LogP contribution < -0.4 is 0 Å². The maximum absolute atomic E-state index is 11.7. The van der Waals surface area contributed by atoms with E-state index >= 15 is 0 Å². The summed E-state index contributed by atoms with van der Waals surface area (Å²) in [7, 11) is 1.65. The molecule has 0 unspecified atom stereocenters. The molecule has 1 aromatic rings. The van der Waals surface area contributed by atoms with E-state index in [1.165, 1.54) is 4.90 Å². The van der Waals surface area contributed by atoms with Crippen LogP contribution in [0.2, 0.25) is 0 Å². The van der Waals surface area contributed by atoms with Gasteiger partial charge in [-0.25, -0.2) is 4.98 Å². The fourth-order valence-corrected chi connectivity index (χ4v) is 1.40. The van der Waals surface area contributed by atoms with E-state index in [-0.39, 0.29) is 12.5 Å². The van der Waals surface area contributed by atoms with E-state index in [4.69, 9.17) is 5.11 Å². The van der Waals surface area contributed by atoms with Crippen LogP contribution in [0.1, 0.15) is 16.1 Å². The molecule has 0 spiro atoms. The molecule has 0 aliphatic heterocycles. The van der Waals surface area contributed by atoms with Gasteiger partial charge in [-0.1, -0.05) is 0 Å². The summed E-state index contributed by atoms with van der Waals surface area (Å²) < 4.78 is 1.04. The molecule has 0 atom stereocenters. The van der Waals surface area contributed by atoms with Crippen LogP contribution in [0.15, 0.2) is 12.3 Å². The van der Waals surface area contributed by atoms with Crippen molar-refractivity contribution in [2.45, 2.75) is 6.92 Å². The van der Waals surface area contributed by atoms with Gasteiger partial charge in [-0.3, -0.25) is 4.79 Å². The first kappa shape index (κ1) is 12.4. The molecular weight excluding hydrogens is 307 g/mol. The summed E-state index contributed by atoms with van der Waals surface area (Å²) >= 11 is 2.17. The average Bonchev–Trinajstić information content (AvgIpc) is 2.21. The molecule has 4 nitrogen and oxygen atoms in total. The zero-order valence-corrected chi connectivity index (χ0v) is 10.9. The zero-order chi connectivity index (χ0) is 11.4. The highest BCUT2D eigenvalue weighted by molar-refractivity contribution is 14.1. The third-order valence-electron chi connectivity index (χ3n) is 2.05. The molecule has 1 heterocycles. The number of carbonyl (C=O) groups is 1. The largest absolute Gasteiger partial charge is 0.395 e. The summed E-state index contributed by atoms with van der Waals surface area (Å²) in [6, 6.07) is 1.76. The van der Waals surface area contributed by atoms with Gasteiger partial charge in [-0.15, -0.1) is 0 Å². The third-order valence-corrected chi connectivity index (χ3v) is 3.18. The van der Waals surface area contributed by atoms with Crippen molar-refractivity contribution < 1.29 is 9.90 Å². The molecule has 0 saturated carbocycles. The van der Waals surface area contributed by atoms with Gasteiger partial charge in [-0.2, -0.15) is 0 Å². The highest BCUT2D eigenvalue weighted by Crippen LogP contribution is 2.11. The van der Waals surface area contributed by atoms with E-state index in [0.717, 1.165) is 9.13 Å². The maximum Gasteiger partial charge on any atom is 0.272 e. The van der Waals surface area contributed by atoms with E-state index < -0.39 is 0 Å². The van der Waals surface area contributed by atoms with Gasteiger partial charge >= 0.3 is 0 Å². The lowest BCUT2D eigenvalue weighted by Crippen LogP contribution is -2.30. The first-order valence-electron chi connectivity index (χ1n) is 4.54. The van der Waals surface area contributed by atoms with Gasteiger partial charge in [0.15, 0.2) is 0 Å².